The van der Waals surface area contributed by atoms with Crippen molar-refractivity contribution < 1.29 is 26.4 Å². The van der Waals surface area contributed by atoms with Crippen molar-refractivity contribution in [2.45, 2.75) is 17.2 Å². The number of fused-ring (bicyclic) bond motifs is 3. The van der Waals surface area contributed by atoms with Crippen LogP contribution in [0.5, 0.6) is 0 Å². The number of amides is 1. The van der Waals surface area contributed by atoms with Gasteiger partial charge in [-0.05, 0) is 36.4 Å². The summed E-state index contributed by atoms with van der Waals surface area (Å²) in [6, 6.07) is 11.3. The van der Waals surface area contributed by atoms with Gasteiger partial charge >= 0.3 is 5.76 Å². The number of nitrogens with one attached hydrogen (secondary N) is 1. The van der Waals surface area contributed by atoms with Crippen molar-refractivity contribution in [2.75, 3.05) is 5.32 Å². The lowest BCUT2D eigenvalue weighted by Crippen LogP contribution is -2.27. The second-order valence-corrected chi connectivity index (χ2v) is 8.25. The lowest BCUT2D eigenvalue weighted by Gasteiger charge is -2.08. The van der Waals surface area contributed by atoms with E-state index in [-0.39, 0.29) is 17.8 Å². The molecule has 0 saturated heterocycles. The van der Waals surface area contributed by atoms with Crippen LogP contribution in [0.25, 0.3) is 22.1 Å². The summed E-state index contributed by atoms with van der Waals surface area (Å²) in [6.07, 6.45) is 1.23. The Morgan fingerprint density at radius 3 is 2.53 bits per heavy atom. The summed E-state index contributed by atoms with van der Waals surface area (Å²) < 4.78 is 54.6. The van der Waals surface area contributed by atoms with E-state index in [1.54, 1.807) is 24.3 Å². The molecule has 0 fully saturated rings. The Morgan fingerprint density at radius 1 is 1.13 bits per heavy atom. The molecule has 11 heteroatoms. The number of carbonyl (C=O) groups excluding carboxylic acids is 1. The minimum Gasteiger partial charge on any atom is -0.448 e. The van der Waals surface area contributed by atoms with Crippen LogP contribution in [0.3, 0.4) is 0 Å². The van der Waals surface area contributed by atoms with Crippen molar-refractivity contribution in [1.82, 2.24) is 9.55 Å². The molecule has 2 aromatic carbocycles. The van der Waals surface area contributed by atoms with Gasteiger partial charge in [-0.2, -0.15) is 8.78 Å². The van der Waals surface area contributed by atoms with Crippen molar-refractivity contribution in [1.29, 1.82) is 0 Å². The first-order valence-corrected chi connectivity index (χ1v) is 10.1. The molecule has 1 N–H and O–H groups in total. The maximum absolute atomic E-state index is 12.6. The van der Waals surface area contributed by atoms with E-state index in [9.17, 15) is 26.8 Å². The van der Waals surface area contributed by atoms with Crippen LogP contribution in [0.1, 0.15) is 0 Å². The zero-order valence-electron chi connectivity index (χ0n) is 15.1. The lowest BCUT2D eigenvalue weighted by molar-refractivity contribution is -0.116. The smallest absolute Gasteiger partial charge is 0.341 e. The monoisotopic (exact) mass is 433 g/mol. The van der Waals surface area contributed by atoms with E-state index in [0.29, 0.717) is 16.5 Å². The molecule has 0 saturated carbocycles. The Balaban J connectivity index is 1.54. The average molecular weight is 433 g/mol. The highest BCUT2D eigenvalue weighted by Crippen LogP contribution is 2.24. The van der Waals surface area contributed by atoms with Crippen LogP contribution >= 0.6 is 0 Å². The summed E-state index contributed by atoms with van der Waals surface area (Å²) in [4.78, 5) is 28.5. The first-order chi connectivity index (χ1) is 14.3. The number of sulfone groups is 1. The molecule has 30 heavy (non-hydrogen) atoms. The molecule has 2 aromatic heterocycles. The largest absolute Gasteiger partial charge is 0.448 e. The molecule has 4 rings (SSSR count). The minimum atomic E-state index is -4.72. The molecule has 0 aliphatic heterocycles. The Hall–Kier alpha value is -3.60. The van der Waals surface area contributed by atoms with Gasteiger partial charge in [0.05, 0.1) is 11.2 Å². The lowest BCUT2D eigenvalue weighted by atomic mass is 10.2. The standard InChI is InChI=1S/C19H13F2N3O5S/c20-19(21)30(27,28)12-7-5-11(6-8-12)23-15(25)9-24-10-22-16-13-3-1-2-4-14(13)29-17(16)18(24)26/h1-8,10,19H,9H2,(H,23,25). The number of anilines is 1. The molecular formula is C19H13F2N3O5S. The molecule has 0 aliphatic carbocycles. The zero-order chi connectivity index (χ0) is 21.5. The van der Waals surface area contributed by atoms with Crippen LogP contribution in [0.4, 0.5) is 14.5 Å². The second-order valence-electron chi connectivity index (χ2n) is 6.33. The summed E-state index contributed by atoms with van der Waals surface area (Å²) in [5.41, 5.74) is 0.554. The molecule has 0 aliphatic rings. The Labute approximate surface area is 167 Å². The van der Waals surface area contributed by atoms with Gasteiger partial charge in [-0.15, -0.1) is 0 Å². The van der Waals surface area contributed by atoms with Gasteiger partial charge in [0.25, 0.3) is 5.56 Å². The number of nitrogens with zero attached hydrogens (tertiary/aromatic N) is 2. The molecular weight excluding hydrogens is 420 g/mol. The normalized spacial score (nSPS) is 12.0. The molecule has 0 bridgehead atoms. The molecule has 0 unspecified atom stereocenters. The molecule has 1 amide bonds. The van der Waals surface area contributed by atoms with E-state index in [2.05, 4.69) is 10.3 Å². The van der Waals surface area contributed by atoms with E-state index in [4.69, 9.17) is 4.42 Å². The second kappa shape index (κ2) is 7.34. The van der Waals surface area contributed by atoms with E-state index in [0.717, 1.165) is 16.7 Å². The SMILES string of the molecule is O=C(Cn1cnc2c(oc3ccccc32)c1=O)Nc1ccc(S(=O)(=O)C(F)F)cc1. The van der Waals surface area contributed by atoms with Gasteiger partial charge in [-0.1, -0.05) is 12.1 Å². The number of benzene rings is 2. The van der Waals surface area contributed by atoms with Gasteiger partial charge in [-0.3, -0.25) is 14.2 Å². The van der Waals surface area contributed by atoms with Crippen LogP contribution in [0.15, 0.2) is 69.0 Å². The molecule has 8 nitrogen and oxygen atoms in total. The van der Waals surface area contributed by atoms with Gasteiger partial charge in [0.15, 0.2) is 0 Å². The minimum absolute atomic E-state index is 0.0214. The molecule has 4 aromatic rings. The Bertz CT molecular complexity index is 1430. The number of furan rings is 1. The van der Waals surface area contributed by atoms with Gasteiger partial charge < -0.3 is 9.73 Å². The first-order valence-electron chi connectivity index (χ1n) is 8.56. The summed E-state index contributed by atoms with van der Waals surface area (Å²) in [7, 11) is -4.72. The number of hydrogen-bond donors (Lipinski definition) is 1. The molecule has 2 heterocycles. The Kier molecular flexibility index (Phi) is 4.82. The highest BCUT2D eigenvalue weighted by Gasteiger charge is 2.26. The van der Waals surface area contributed by atoms with Crippen molar-refractivity contribution in [3.05, 3.63) is 65.2 Å². The quantitative estimate of drug-likeness (QED) is 0.518. The molecule has 0 radical (unpaired) electrons. The fourth-order valence-electron chi connectivity index (χ4n) is 2.91. The number of rotatable bonds is 5. The number of carbonyl (C=O) groups is 1. The third kappa shape index (κ3) is 3.43. The van der Waals surface area contributed by atoms with Crippen LogP contribution in [-0.4, -0.2) is 29.6 Å². The molecule has 154 valence electrons. The van der Waals surface area contributed by atoms with Crippen LogP contribution in [0, 0.1) is 0 Å². The maximum atomic E-state index is 12.6. The number of halogens is 2. The van der Waals surface area contributed by atoms with Gasteiger partial charge in [0, 0.05) is 11.1 Å². The third-order valence-electron chi connectivity index (χ3n) is 4.37. The molecule has 0 atom stereocenters. The predicted octanol–water partition coefficient (Wildman–Crippen LogP) is 2.78. The Morgan fingerprint density at radius 2 is 1.83 bits per heavy atom. The number of para-hydroxylation sites is 1. The number of alkyl halides is 2. The van der Waals surface area contributed by atoms with E-state index >= 15 is 0 Å². The van der Waals surface area contributed by atoms with Crippen molar-refractivity contribution in [3.63, 3.8) is 0 Å². The first kappa shape index (κ1) is 19.7. The van der Waals surface area contributed by atoms with Gasteiger partial charge in [-0.25, -0.2) is 13.4 Å². The van der Waals surface area contributed by atoms with E-state index in [1.807, 2.05) is 0 Å². The van der Waals surface area contributed by atoms with E-state index in [1.165, 1.54) is 18.5 Å². The fraction of sp³-hybridized carbons (Fsp3) is 0.105. The van der Waals surface area contributed by atoms with Crippen LogP contribution in [0.2, 0.25) is 0 Å². The fourth-order valence-corrected chi connectivity index (χ4v) is 3.64. The van der Waals surface area contributed by atoms with Crippen molar-refractivity contribution in [2.24, 2.45) is 0 Å². The van der Waals surface area contributed by atoms with Crippen molar-refractivity contribution >= 4 is 43.5 Å². The molecule has 0 spiro atoms. The summed E-state index contributed by atoms with van der Waals surface area (Å²) >= 11 is 0. The summed E-state index contributed by atoms with van der Waals surface area (Å²) in [5.74, 6) is -4.13. The van der Waals surface area contributed by atoms with E-state index < -0.39 is 32.0 Å². The number of hydrogen-bond acceptors (Lipinski definition) is 6. The summed E-state index contributed by atoms with van der Waals surface area (Å²) in [6.45, 7) is -0.379. The average Bonchev–Trinajstić information content (AvgIpc) is 3.10. The summed E-state index contributed by atoms with van der Waals surface area (Å²) in [5, 5.41) is 3.14. The van der Waals surface area contributed by atoms with Gasteiger partial charge in [0.1, 0.15) is 17.6 Å². The highest BCUT2D eigenvalue weighted by atomic mass is 32.2. The topological polar surface area (TPSA) is 111 Å². The highest BCUT2D eigenvalue weighted by molar-refractivity contribution is 7.91. The number of aromatic nitrogens is 2. The third-order valence-corrected chi connectivity index (χ3v) is 5.76. The van der Waals surface area contributed by atoms with Crippen molar-refractivity contribution in [3.8, 4) is 0 Å². The maximum Gasteiger partial charge on any atom is 0.341 e. The van der Waals surface area contributed by atoms with Gasteiger partial charge in [0.2, 0.25) is 21.3 Å². The predicted molar refractivity (Wildman–Crippen MR) is 104 cm³/mol. The van der Waals surface area contributed by atoms with Crippen LogP contribution in [-0.2, 0) is 21.2 Å². The zero-order valence-corrected chi connectivity index (χ0v) is 15.9. The van der Waals surface area contributed by atoms with Crippen LogP contribution < -0.4 is 10.9 Å².